The fourth-order valence-electron chi connectivity index (χ4n) is 4.29. The molecule has 0 spiro atoms. The predicted octanol–water partition coefficient (Wildman–Crippen LogP) is 1.84. The Morgan fingerprint density at radius 2 is 2.04 bits per heavy atom. The Morgan fingerprint density at radius 1 is 1.42 bits per heavy atom. The lowest BCUT2D eigenvalue weighted by Crippen LogP contribution is -2.47. The molecule has 1 aromatic carbocycles. The van der Waals surface area contributed by atoms with Crippen LogP contribution in [0.15, 0.2) is 28.7 Å². The first-order valence-corrected chi connectivity index (χ1v) is 8.28. The minimum absolute atomic E-state index is 0.0246. The molecule has 3 rings (SSSR count). The average molecular weight is 398 g/mol. The molecule has 0 heterocycles. The summed E-state index contributed by atoms with van der Waals surface area (Å²) >= 11 is 3.29. The van der Waals surface area contributed by atoms with Crippen LogP contribution in [0.4, 0.5) is 0 Å². The van der Waals surface area contributed by atoms with Crippen molar-refractivity contribution in [2.24, 2.45) is 5.41 Å². The van der Waals surface area contributed by atoms with Crippen LogP contribution in [0.3, 0.4) is 0 Å². The molecule has 0 aliphatic heterocycles. The van der Waals surface area contributed by atoms with Crippen LogP contribution in [0, 0.1) is 15.5 Å². The molecule has 2 saturated carbocycles. The zero-order valence-electron chi connectivity index (χ0n) is 12.9. The SMILES string of the molecule is COC(=O)[C@@]12C[C@@](O)(CCC1=O)[C@H]([N+](=O)[O-])[C@@H]2c1ccc(Br)cc1. The lowest BCUT2D eigenvalue weighted by Gasteiger charge is -2.33. The van der Waals surface area contributed by atoms with Crippen LogP contribution in [-0.4, -0.2) is 40.5 Å². The normalized spacial score (nSPS) is 34.9. The van der Waals surface area contributed by atoms with Crippen LogP contribution in [0.5, 0.6) is 0 Å². The van der Waals surface area contributed by atoms with E-state index in [4.69, 9.17) is 4.74 Å². The Bertz CT molecular complexity index is 710. The van der Waals surface area contributed by atoms with Gasteiger partial charge in [-0.1, -0.05) is 28.1 Å². The highest BCUT2D eigenvalue weighted by Gasteiger charge is 2.75. The van der Waals surface area contributed by atoms with E-state index >= 15 is 0 Å². The summed E-state index contributed by atoms with van der Waals surface area (Å²) in [5.74, 6) is -2.28. The number of carbonyl (C=O) groups excluding carboxylic acids is 2. The van der Waals surface area contributed by atoms with Crippen LogP contribution in [0.2, 0.25) is 0 Å². The fraction of sp³-hybridized carbons (Fsp3) is 0.500. The third-order valence-corrected chi connectivity index (χ3v) is 5.80. The molecule has 2 aliphatic rings. The topological polar surface area (TPSA) is 107 Å². The molecule has 4 atom stereocenters. The second kappa shape index (κ2) is 5.63. The zero-order valence-corrected chi connectivity index (χ0v) is 14.5. The molecule has 0 saturated heterocycles. The van der Waals surface area contributed by atoms with Crippen molar-refractivity contribution < 1.29 is 24.4 Å². The monoisotopic (exact) mass is 397 g/mol. The maximum atomic E-state index is 12.7. The van der Waals surface area contributed by atoms with Crippen molar-refractivity contribution in [3.05, 3.63) is 44.4 Å². The second-order valence-electron chi connectivity index (χ2n) is 6.43. The Morgan fingerprint density at radius 3 is 2.58 bits per heavy atom. The van der Waals surface area contributed by atoms with Gasteiger partial charge in [-0.2, -0.15) is 0 Å². The molecule has 2 bridgehead atoms. The summed E-state index contributed by atoms with van der Waals surface area (Å²) in [6, 6.07) is 5.20. The van der Waals surface area contributed by atoms with Gasteiger partial charge in [0, 0.05) is 22.2 Å². The molecule has 0 unspecified atom stereocenters. The highest BCUT2D eigenvalue weighted by Crippen LogP contribution is 2.60. The van der Waals surface area contributed by atoms with E-state index in [1.807, 2.05) is 0 Å². The van der Waals surface area contributed by atoms with Gasteiger partial charge in [-0.25, -0.2) is 0 Å². The van der Waals surface area contributed by atoms with Gasteiger partial charge in [0.1, 0.15) is 11.0 Å². The fourth-order valence-corrected chi connectivity index (χ4v) is 4.55. The first-order chi connectivity index (χ1) is 11.3. The van der Waals surface area contributed by atoms with Gasteiger partial charge >= 0.3 is 5.97 Å². The number of hydrogen-bond donors (Lipinski definition) is 1. The number of halogens is 1. The molecular formula is C16H16BrNO6. The third kappa shape index (κ3) is 2.20. The van der Waals surface area contributed by atoms with Crippen LogP contribution in [-0.2, 0) is 14.3 Å². The summed E-state index contributed by atoms with van der Waals surface area (Å²) < 4.78 is 5.59. The van der Waals surface area contributed by atoms with Gasteiger partial charge in [-0.05, 0) is 24.1 Å². The van der Waals surface area contributed by atoms with E-state index in [2.05, 4.69) is 15.9 Å². The summed E-state index contributed by atoms with van der Waals surface area (Å²) in [5.41, 5.74) is -2.95. The van der Waals surface area contributed by atoms with Gasteiger partial charge in [0.25, 0.3) is 0 Å². The molecule has 7 nitrogen and oxygen atoms in total. The first kappa shape index (κ1) is 17.0. The van der Waals surface area contributed by atoms with E-state index in [0.717, 1.165) is 11.6 Å². The summed E-state index contributed by atoms with van der Waals surface area (Å²) in [6.45, 7) is 0. The number of ketones is 1. The minimum Gasteiger partial charge on any atom is -0.468 e. The molecule has 24 heavy (non-hydrogen) atoms. The molecule has 2 aliphatic carbocycles. The molecule has 0 aromatic heterocycles. The number of rotatable bonds is 3. The van der Waals surface area contributed by atoms with Crippen molar-refractivity contribution in [1.82, 2.24) is 0 Å². The Kier molecular flexibility index (Phi) is 4.00. The summed E-state index contributed by atoms with van der Waals surface area (Å²) in [5, 5.41) is 22.6. The number of nitro groups is 1. The molecule has 8 heteroatoms. The van der Waals surface area contributed by atoms with Crippen LogP contribution in [0.1, 0.15) is 30.7 Å². The van der Waals surface area contributed by atoms with Crippen molar-refractivity contribution >= 4 is 27.7 Å². The highest BCUT2D eigenvalue weighted by atomic mass is 79.9. The number of ether oxygens (including phenoxy) is 1. The molecule has 128 valence electrons. The van der Waals surface area contributed by atoms with E-state index in [-0.39, 0.29) is 19.3 Å². The summed E-state index contributed by atoms with van der Waals surface area (Å²) in [4.78, 5) is 36.4. The van der Waals surface area contributed by atoms with Crippen molar-refractivity contribution in [2.45, 2.75) is 36.8 Å². The van der Waals surface area contributed by atoms with Gasteiger partial charge in [0.15, 0.2) is 5.78 Å². The second-order valence-corrected chi connectivity index (χ2v) is 7.34. The Hall–Kier alpha value is -1.80. The van der Waals surface area contributed by atoms with Crippen LogP contribution in [0.25, 0.3) is 0 Å². The van der Waals surface area contributed by atoms with Gasteiger partial charge in [0.2, 0.25) is 6.04 Å². The van der Waals surface area contributed by atoms with E-state index in [1.54, 1.807) is 24.3 Å². The molecule has 1 N–H and O–H groups in total. The molecule has 0 amide bonds. The average Bonchev–Trinajstić information content (AvgIpc) is 2.78. The van der Waals surface area contributed by atoms with Gasteiger partial charge in [-0.15, -0.1) is 0 Å². The molecule has 2 fully saturated rings. The molecule has 0 radical (unpaired) electrons. The quantitative estimate of drug-likeness (QED) is 0.360. The van der Waals surface area contributed by atoms with Crippen molar-refractivity contribution in [3.8, 4) is 0 Å². The predicted molar refractivity (Wildman–Crippen MR) is 85.9 cm³/mol. The summed E-state index contributed by atoms with van der Waals surface area (Å²) in [7, 11) is 1.15. The molecular weight excluding hydrogens is 382 g/mol. The van der Waals surface area contributed by atoms with E-state index < -0.39 is 39.7 Å². The van der Waals surface area contributed by atoms with Gasteiger partial charge in [0.05, 0.1) is 13.0 Å². The Labute approximate surface area is 146 Å². The highest BCUT2D eigenvalue weighted by molar-refractivity contribution is 9.10. The van der Waals surface area contributed by atoms with Gasteiger partial charge < -0.3 is 9.84 Å². The van der Waals surface area contributed by atoms with Crippen LogP contribution < -0.4 is 0 Å². The van der Waals surface area contributed by atoms with Crippen LogP contribution >= 0.6 is 15.9 Å². The van der Waals surface area contributed by atoms with Crippen molar-refractivity contribution in [2.75, 3.05) is 7.11 Å². The van der Waals surface area contributed by atoms with Gasteiger partial charge in [-0.3, -0.25) is 19.7 Å². The lowest BCUT2D eigenvalue weighted by molar-refractivity contribution is -0.544. The number of carbonyl (C=O) groups is 2. The Balaban J connectivity index is 2.25. The number of nitrogens with zero attached hydrogens (tertiary/aromatic N) is 1. The number of methoxy groups -OCH3 is 1. The number of aliphatic hydroxyl groups is 1. The number of Topliss-reactive ketones (excluding diaryl/α,β-unsaturated/α-hetero) is 1. The standard InChI is InChI=1S/C16H16BrNO6/c1-24-14(20)16-8-15(21,7-6-11(16)19)13(18(22)23)12(16)9-2-4-10(17)5-3-9/h2-5,12-13,21H,6-8H2,1H3/t12-,13+,15-,16-/m0/s1. The van der Waals surface area contributed by atoms with E-state index in [9.17, 15) is 24.8 Å². The smallest absolute Gasteiger partial charge is 0.320 e. The first-order valence-electron chi connectivity index (χ1n) is 7.49. The number of benzene rings is 1. The maximum absolute atomic E-state index is 12.7. The summed E-state index contributed by atoms with van der Waals surface area (Å²) in [6.07, 6.45) is -0.385. The molecule has 1 aromatic rings. The van der Waals surface area contributed by atoms with E-state index in [1.165, 1.54) is 0 Å². The zero-order chi connectivity index (χ0) is 17.7. The van der Waals surface area contributed by atoms with E-state index in [0.29, 0.717) is 5.56 Å². The number of fused-ring (bicyclic) bond motifs is 2. The number of esters is 1. The lowest BCUT2D eigenvalue weighted by atomic mass is 9.68. The maximum Gasteiger partial charge on any atom is 0.320 e. The number of hydrogen-bond acceptors (Lipinski definition) is 6. The van der Waals surface area contributed by atoms with Crippen molar-refractivity contribution in [3.63, 3.8) is 0 Å². The minimum atomic E-state index is -1.71. The largest absolute Gasteiger partial charge is 0.468 e. The third-order valence-electron chi connectivity index (χ3n) is 5.27. The van der Waals surface area contributed by atoms with Crippen molar-refractivity contribution in [1.29, 1.82) is 0 Å².